The van der Waals surface area contributed by atoms with Crippen molar-refractivity contribution in [2.24, 2.45) is 0 Å². The lowest BCUT2D eigenvalue weighted by molar-refractivity contribution is -0.141. The van der Waals surface area contributed by atoms with Crippen molar-refractivity contribution in [2.75, 3.05) is 7.11 Å². The van der Waals surface area contributed by atoms with Gasteiger partial charge in [0.05, 0.1) is 19.6 Å². The quantitative estimate of drug-likeness (QED) is 0.670. The van der Waals surface area contributed by atoms with E-state index in [1.165, 1.54) is 19.2 Å². The van der Waals surface area contributed by atoms with Gasteiger partial charge in [-0.3, -0.25) is 9.59 Å². The van der Waals surface area contributed by atoms with Gasteiger partial charge in [-0.1, -0.05) is 18.2 Å². The number of fused-ring (bicyclic) bond motifs is 1. The van der Waals surface area contributed by atoms with Crippen molar-refractivity contribution < 1.29 is 18.7 Å². The van der Waals surface area contributed by atoms with E-state index in [1.807, 2.05) is 19.9 Å². The minimum absolute atomic E-state index is 0.0494. The summed E-state index contributed by atoms with van der Waals surface area (Å²) in [7, 11) is 1.29. The van der Waals surface area contributed by atoms with Crippen LogP contribution < -0.4 is 5.32 Å². The van der Waals surface area contributed by atoms with Gasteiger partial charge < -0.3 is 15.0 Å². The van der Waals surface area contributed by atoms with Crippen LogP contribution in [-0.4, -0.2) is 24.0 Å². The molecule has 3 rings (SSSR count). The van der Waals surface area contributed by atoms with E-state index in [-0.39, 0.29) is 18.1 Å². The molecule has 6 heteroatoms. The molecule has 27 heavy (non-hydrogen) atoms. The molecule has 0 spiro atoms. The summed E-state index contributed by atoms with van der Waals surface area (Å²) in [6.45, 7) is 3.98. The van der Waals surface area contributed by atoms with Crippen LogP contribution in [0, 0.1) is 19.7 Å². The van der Waals surface area contributed by atoms with Crippen molar-refractivity contribution in [3.05, 3.63) is 70.7 Å². The fraction of sp³-hybridized carbons (Fsp3) is 0.238. The number of halogens is 1. The second-order valence-electron chi connectivity index (χ2n) is 6.58. The minimum atomic E-state index is -0.625. The molecule has 0 aliphatic carbocycles. The third kappa shape index (κ3) is 4.16. The maximum atomic E-state index is 13.2. The van der Waals surface area contributed by atoms with Crippen molar-refractivity contribution >= 4 is 22.8 Å². The van der Waals surface area contributed by atoms with E-state index in [4.69, 9.17) is 4.74 Å². The molecule has 0 saturated heterocycles. The molecule has 0 bridgehead atoms. The molecule has 0 aliphatic rings. The van der Waals surface area contributed by atoms with Crippen LogP contribution in [0.2, 0.25) is 0 Å². The number of aryl methyl sites for hydroxylation is 2. The van der Waals surface area contributed by atoms with Gasteiger partial charge in [0, 0.05) is 10.9 Å². The minimum Gasteiger partial charge on any atom is -0.469 e. The Morgan fingerprint density at radius 1 is 1.15 bits per heavy atom. The molecule has 1 aromatic heterocycles. The van der Waals surface area contributed by atoms with Gasteiger partial charge in [0.2, 0.25) is 0 Å². The number of hydrogen-bond acceptors (Lipinski definition) is 3. The maximum Gasteiger partial charge on any atom is 0.307 e. The molecule has 5 nitrogen and oxygen atoms in total. The van der Waals surface area contributed by atoms with Crippen molar-refractivity contribution in [3.63, 3.8) is 0 Å². The van der Waals surface area contributed by atoms with E-state index in [1.54, 1.807) is 18.2 Å². The lowest BCUT2D eigenvalue weighted by Crippen LogP contribution is -2.30. The first-order valence-corrected chi connectivity index (χ1v) is 8.60. The van der Waals surface area contributed by atoms with Crippen molar-refractivity contribution in [1.29, 1.82) is 0 Å². The van der Waals surface area contributed by atoms with Gasteiger partial charge in [-0.15, -0.1) is 0 Å². The van der Waals surface area contributed by atoms with Crippen LogP contribution in [0.3, 0.4) is 0 Å². The molecule has 2 aromatic carbocycles. The number of aromatic nitrogens is 1. The second-order valence-corrected chi connectivity index (χ2v) is 6.58. The van der Waals surface area contributed by atoms with Crippen molar-refractivity contribution in [2.45, 2.75) is 26.3 Å². The number of ether oxygens (including phenoxy) is 1. The Kier molecular flexibility index (Phi) is 5.26. The Morgan fingerprint density at radius 3 is 2.52 bits per heavy atom. The van der Waals surface area contributed by atoms with Crippen molar-refractivity contribution in [3.8, 4) is 0 Å². The number of H-pyrrole nitrogens is 1. The molecule has 1 unspecified atom stereocenters. The van der Waals surface area contributed by atoms with Crippen molar-refractivity contribution in [1.82, 2.24) is 10.3 Å². The summed E-state index contributed by atoms with van der Waals surface area (Å²) in [4.78, 5) is 27.6. The highest BCUT2D eigenvalue weighted by atomic mass is 19.1. The topological polar surface area (TPSA) is 71.2 Å². The molecule has 0 saturated carbocycles. The van der Waals surface area contributed by atoms with E-state index >= 15 is 0 Å². The van der Waals surface area contributed by atoms with Crippen LogP contribution >= 0.6 is 0 Å². The number of rotatable bonds is 5. The number of esters is 1. The van der Waals surface area contributed by atoms with Crippen LogP contribution in [0.4, 0.5) is 4.39 Å². The fourth-order valence-electron chi connectivity index (χ4n) is 3.15. The number of nitrogens with one attached hydrogen (secondary N) is 2. The SMILES string of the molecule is COC(=O)CC(NC(=O)c1cc2c(C)cc(C)cc2[nH]1)c1ccc(F)cc1. The Hall–Kier alpha value is -3.15. The predicted molar refractivity (Wildman–Crippen MR) is 101 cm³/mol. The van der Waals surface area contributed by atoms with E-state index in [0.717, 1.165) is 22.0 Å². The average molecular weight is 368 g/mol. The van der Waals surface area contributed by atoms with Gasteiger partial charge in [-0.05, 0) is 54.8 Å². The number of amides is 1. The number of aromatic amines is 1. The standard InChI is InChI=1S/C21H21FN2O3/c1-12-8-13(2)16-10-19(23-18(16)9-12)21(26)24-17(11-20(25)27-3)14-4-6-15(22)7-5-14/h4-10,17,23H,11H2,1-3H3,(H,24,26). The third-order valence-corrected chi connectivity index (χ3v) is 4.51. The number of carbonyl (C=O) groups is 2. The lowest BCUT2D eigenvalue weighted by atomic mass is 10.0. The number of carbonyl (C=O) groups excluding carboxylic acids is 2. The summed E-state index contributed by atoms with van der Waals surface area (Å²) in [6, 6.07) is 10.9. The van der Waals surface area contributed by atoms with Crippen LogP contribution in [0.15, 0.2) is 42.5 Å². The normalized spacial score (nSPS) is 12.0. The highest BCUT2D eigenvalue weighted by molar-refractivity contribution is 5.99. The van der Waals surface area contributed by atoms with Gasteiger partial charge in [0.1, 0.15) is 11.5 Å². The highest BCUT2D eigenvalue weighted by Crippen LogP contribution is 2.23. The van der Waals surface area contributed by atoms with E-state index in [9.17, 15) is 14.0 Å². The summed E-state index contributed by atoms with van der Waals surface area (Å²) in [5.41, 5.74) is 4.08. The molecule has 1 amide bonds. The Bertz CT molecular complexity index is 993. The number of methoxy groups -OCH3 is 1. The molecule has 1 heterocycles. The molecule has 0 radical (unpaired) electrons. The number of benzene rings is 2. The number of hydrogen-bond donors (Lipinski definition) is 2. The summed E-state index contributed by atoms with van der Waals surface area (Å²) in [5.74, 6) is -1.20. The zero-order valence-corrected chi connectivity index (χ0v) is 15.4. The lowest BCUT2D eigenvalue weighted by Gasteiger charge is -2.18. The van der Waals surface area contributed by atoms with Crippen LogP contribution in [0.1, 0.15) is 39.6 Å². The maximum absolute atomic E-state index is 13.2. The van der Waals surface area contributed by atoms with Gasteiger partial charge in [-0.2, -0.15) is 0 Å². The first-order chi connectivity index (χ1) is 12.9. The molecule has 0 fully saturated rings. The molecule has 3 aromatic rings. The Morgan fingerprint density at radius 2 is 1.85 bits per heavy atom. The first-order valence-electron chi connectivity index (χ1n) is 8.60. The molecular formula is C21H21FN2O3. The van der Waals surface area contributed by atoms with E-state index in [2.05, 4.69) is 16.4 Å². The van der Waals surface area contributed by atoms with Crippen LogP contribution in [-0.2, 0) is 9.53 Å². The molecule has 1 atom stereocenters. The zero-order chi connectivity index (χ0) is 19.6. The summed E-state index contributed by atoms with van der Waals surface area (Å²) in [6.07, 6.45) is -0.0494. The first kappa shape index (κ1) is 18.6. The van der Waals surface area contributed by atoms with Gasteiger partial charge in [0.25, 0.3) is 5.91 Å². The van der Waals surface area contributed by atoms with Gasteiger partial charge in [0.15, 0.2) is 0 Å². The largest absolute Gasteiger partial charge is 0.469 e. The molecule has 140 valence electrons. The van der Waals surface area contributed by atoms with E-state index in [0.29, 0.717) is 11.3 Å². The zero-order valence-electron chi connectivity index (χ0n) is 15.4. The summed E-state index contributed by atoms with van der Waals surface area (Å²) >= 11 is 0. The predicted octanol–water partition coefficient (Wildman–Crippen LogP) is 3.96. The fourth-order valence-corrected chi connectivity index (χ4v) is 3.15. The summed E-state index contributed by atoms with van der Waals surface area (Å²) < 4.78 is 17.9. The highest BCUT2D eigenvalue weighted by Gasteiger charge is 2.21. The monoisotopic (exact) mass is 368 g/mol. The smallest absolute Gasteiger partial charge is 0.307 e. The van der Waals surface area contributed by atoms with Crippen LogP contribution in [0.25, 0.3) is 10.9 Å². The third-order valence-electron chi connectivity index (χ3n) is 4.51. The Labute approximate surface area is 156 Å². The van der Waals surface area contributed by atoms with Gasteiger partial charge >= 0.3 is 5.97 Å². The van der Waals surface area contributed by atoms with E-state index < -0.39 is 12.0 Å². The van der Waals surface area contributed by atoms with Gasteiger partial charge in [-0.25, -0.2) is 4.39 Å². The second kappa shape index (κ2) is 7.61. The molecule has 0 aliphatic heterocycles. The van der Waals surface area contributed by atoms with Crippen LogP contribution in [0.5, 0.6) is 0 Å². The summed E-state index contributed by atoms with van der Waals surface area (Å²) in [5, 5.41) is 3.81. The average Bonchev–Trinajstić information content (AvgIpc) is 3.06. The molecular weight excluding hydrogens is 347 g/mol. The Balaban J connectivity index is 1.88. The molecule has 2 N–H and O–H groups in total.